The number of hydrogen-bond acceptors (Lipinski definition) is 3. The number of benzene rings is 3. The molecule has 0 fully saturated rings. The predicted molar refractivity (Wildman–Crippen MR) is 114 cm³/mol. The van der Waals surface area contributed by atoms with Gasteiger partial charge in [-0.15, -0.1) is 0 Å². The zero-order valence-electron chi connectivity index (χ0n) is 16.4. The van der Waals surface area contributed by atoms with Crippen LogP contribution in [-0.4, -0.2) is 26.9 Å². The van der Waals surface area contributed by atoms with E-state index < -0.39 is 15.8 Å². The van der Waals surface area contributed by atoms with Crippen LogP contribution < -0.4 is 9.21 Å². The number of carbonyl (C=O) groups is 1. The second-order valence-corrected chi connectivity index (χ2v) is 9.11. The van der Waals surface area contributed by atoms with Crippen molar-refractivity contribution in [2.75, 3.05) is 15.7 Å². The molecule has 0 unspecified atom stereocenters. The molecular weight excluding hydrogens is 403 g/mol. The minimum atomic E-state index is -4.02. The van der Waals surface area contributed by atoms with Gasteiger partial charge in [0.25, 0.3) is 10.0 Å². The normalized spacial score (nSPS) is 15.7. The maximum atomic E-state index is 13.5. The smallest absolute Gasteiger partial charge is 0.264 e. The van der Waals surface area contributed by atoms with Gasteiger partial charge in [-0.3, -0.25) is 9.10 Å². The lowest BCUT2D eigenvalue weighted by Gasteiger charge is -2.29. The van der Waals surface area contributed by atoms with E-state index in [-0.39, 0.29) is 29.1 Å². The van der Waals surface area contributed by atoms with Crippen molar-refractivity contribution in [1.82, 2.24) is 0 Å². The summed E-state index contributed by atoms with van der Waals surface area (Å²) in [5, 5.41) is 0. The number of anilines is 2. The van der Waals surface area contributed by atoms with Crippen LogP contribution in [0.15, 0.2) is 83.8 Å². The average molecular weight is 424 g/mol. The summed E-state index contributed by atoms with van der Waals surface area (Å²) < 4.78 is 41.2. The zero-order chi connectivity index (χ0) is 21.3. The van der Waals surface area contributed by atoms with Gasteiger partial charge in [-0.2, -0.15) is 0 Å². The van der Waals surface area contributed by atoms with Crippen LogP contribution in [-0.2, 0) is 21.2 Å². The van der Waals surface area contributed by atoms with Gasteiger partial charge in [0.15, 0.2) is 0 Å². The molecular formula is C23H21FN2O3S. The van der Waals surface area contributed by atoms with E-state index in [0.29, 0.717) is 6.42 Å². The summed E-state index contributed by atoms with van der Waals surface area (Å²) in [6, 6.07) is 20.5. The highest BCUT2D eigenvalue weighted by Crippen LogP contribution is 2.33. The van der Waals surface area contributed by atoms with Crippen molar-refractivity contribution in [2.24, 2.45) is 0 Å². The molecule has 0 aromatic heterocycles. The van der Waals surface area contributed by atoms with E-state index in [1.54, 1.807) is 23.1 Å². The summed E-state index contributed by atoms with van der Waals surface area (Å²) in [4.78, 5) is 15.0. The van der Waals surface area contributed by atoms with Crippen LogP contribution in [0.1, 0.15) is 12.5 Å². The highest BCUT2D eigenvalue weighted by molar-refractivity contribution is 7.92. The molecule has 1 heterocycles. The second kappa shape index (κ2) is 7.91. The van der Waals surface area contributed by atoms with Crippen LogP contribution in [0.4, 0.5) is 15.8 Å². The topological polar surface area (TPSA) is 57.7 Å². The molecule has 1 aliphatic heterocycles. The first-order chi connectivity index (χ1) is 14.4. The van der Waals surface area contributed by atoms with Gasteiger partial charge in [0.05, 0.1) is 10.6 Å². The lowest BCUT2D eigenvalue weighted by atomic mass is 10.1. The Kier molecular flexibility index (Phi) is 5.30. The Morgan fingerprint density at radius 2 is 1.63 bits per heavy atom. The molecule has 7 heteroatoms. The van der Waals surface area contributed by atoms with Gasteiger partial charge in [-0.05, 0) is 61.4 Å². The summed E-state index contributed by atoms with van der Waals surface area (Å²) in [7, 11) is -4.02. The predicted octanol–water partition coefficient (Wildman–Crippen LogP) is 4.00. The molecule has 1 aliphatic rings. The molecule has 0 spiro atoms. The monoisotopic (exact) mass is 424 g/mol. The lowest BCUT2D eigenvalue weighted by molar-refractivity contribution is -0.117. The molecule has 3 aromatic rings. The van der Waals surface area contributed by atoms with Crippen molar-refractivity contribution in [1.29, 1.82) is 0 Å². The fourth-order valence-electron chi connectivity index (χ4n) is 3.79. The fourth-order valence-corrected chi connectivity index (χ4v) is 5.22. The number of amides is 1. The Morgan fingerprint density at radius 1 is 1.00 bits per heavy atom. The Balaban J connectivity index is 1.72. The first-order valence-electron chi connectivity index (χ1n) is 9.61. The maximum Gasteiger partial charge on any atom is 0.264 e. The molecule has 0 saturated heterocycles. The summed E-state index contributed by atoms with van der Waals surface area (Å²) in [5.74, 6) is -0.819. The quantitative estimate of drug-likeness (QED) is 0.622. The van der Waals surface area contributed by atoms with Gasteiger partial charge >= 0.3 is 0 Å². The first kappa shape index (κ1) is 20.1. The van der Waals surface area contributed by atoms with Crippen LogP contribution in [0.3, 0.4) is 0 Å². The van der Waals surface area contributed by atoms with Gasteiger partial charge in [0, 0.05) is 11.7 Å². The third-order valence-corrected chi connectivity index (χ3v) is 6.99. The average Bonchev–Trinajstić information content (AvgIpc) is 3.09. The molecule has 0 bridgehead atoms. The number of fused-ring (bicyclic) bond motifs is 1. The Hall–Kier alpha value is -3.19. The van der Waals surface area contributed by atoms with Crippen molar-refractivity contribution in [3.05, 3.63) is 90.2 Å². The van der Waals surface area contributed by atoms with Crippen molar-refractivity contribution < 1.29 is 17.6 Å². The lowest BCUT2D eigenvalue weighted by Crippen LogP contribution is -2.45. The van der Waals surface area contributed by atoms with Gasteiger partial charge in [0.2, 0.25) is 5.91 Å². The first-order valence-corrected chi connectivity index (χ1v) is 11.1. The third-order valence-electron chi connectivity index (χ3n) is 5.20. The largest absolute Gasteiger partial charge is 0.307 e. The fraction of sp³-hybridized carbons (Fsp3) is 0.174. The molecule has 154 valence electrons. The summed E-state index contributed by atoms with van der Waals surface area (Å²) >= 11 is 0. The minimum Gasteiger partial charge on any atom is -0.307 e. The van der Waals surface area contributed by atoms with Gasteiger partial charge in [-0.25, -0.2) is 12.8 Å². The Morgan fingerprint density at radius 3 is 2.33 bits per heavy atom. The number of para-hydroxylation sites is 1. The molecule has 5 nitrogen and oxygen atoms in total. The van der Waals surface area contributed by atoms with E-state index in [9.17, 15) is 17.6 Å². The summed E-state index contributed by atoms with van der Waals surface area (Å²) in [5.41, 5.74) is 2.08. The van der Waals surface area contributed by atoms with Gasteiger partial charge < -0.3 is 4.90 Å². The third kappa shape index (κ3) is 3.68. The Labute approximate surface area is 175 Å². The van der Waals surface area contributed by atoms with E-state index in [0.717, 1.165) is 15.6 Å². The van der Waals surface area contributed by atoms with Gasteiger partial charge in [0.1, 0.15) is 12.4 Å². The molecule has 3 aromatic carbocycles. The molecule has 30 heavy (non-hydrogen) atoms. The number of nitrogens with zero attached hydrogens (tertiary/aromatic N) is 2. The van der Waals surface area contributed by atoms with E-state index >= 15 is 0 Å². The minimum absolute atomic E-state index is 0.0667. The highest BCUT2D eigenvalue weighted by atomic mass is 32.2. The number of hydrogen-bond donors (Lipinski definition) is 0. The van der Waals surface area contributed by atoms with E-state index in [2.05, 4.69) is 0 Å². The zero-order valence-corrected chi connectivity index (χ0v) is 17.2. The molecule has 1 atom stereocenters. The number of sulfonamides is 1. The Bertz CT molecular complexity index is 1160. The molecule has 1 amide bonds. The van der Waals surface area contributed by atoms with E-state index in [1.165, 1.54) is 36.4 Å². The number of carbonyl (C=O) groups excluding carboxylic acids is 1. The van der Waals surface area contributed by atoms with Crippen molar-refractivity contribution in [3.8, 4) is 0 Å². The maximum absolute atomic E-state index is 13.5. The SMILES string of the molecule is C[C@H]1Cc2ccccc2N1C(=O)CN(c1ccc(F)cc1)S(=O)(=O)c1ccccc1. The van der Waals surface area contributed by atoms with Crippen LogP contribution in [0.2, 0.25) is 0 Å². The van der Waals surface area contributed by atoms with Crippen LogP contribution in [0.25, 0.3) is 0 Å². The summed E-state index contributed by atoms with van der Waals surface area (Å²) in [6.45, 7) is 1.55. The number of halogens is 1. The molecule has 0 aliphatic carbocycles. The van der Waals surface area contributed by atoms with Gasteiger partial charge in [-0.1, -0.05) is 36.4 Å². The summed E-state index contributed by atoms with van der Waals surface area (Å²) in [6.07, 6.45) is 0.712. The standard InChI is InChI=1S/C23H21FN2O3S/c1-17-15-18-7-5-6-10-22(18)26(17)23(27)16-25(20-13-11-19(24)12-14-20)30(28,29)21-8-3-2-4-9-21/h2-14,17H,15-16H2,1H3/t17-/m0/s1. The van der Waals surface area contributed by atoms with Crippen LogP contribution >= 0.6 is 0 Å². The van der Waals surface area contributed by atoms with E-state index in [1.807, 2.05) is 31.2 Å². The molecule has 0 N–H and O–H groups in total. The van der Waals surface area contributed by atoms with Crippen molar-refractivity contribution in [2.45, 2.75) is 24.3 Å². The van der Waals surface area contributed by atoms with Crippen molar-refractivity contribution in [3.63, 3.8) is 0 Å². The molecule has 0 saturated carbocycles. The highest BCUT2D eigenvalue weighted by Gasteiger charge is 2.34. The molecule has 0 radical (unpaired) electrons. The van der Waals surface area contributed by atoms with Crippen LogP contribution in [0, 0.1) is 5.82 Å². The van der Waals surface area contributed by atoms with E-state index in [4.69, 9.17) is 0 Å². The van der Waals surface area contributed by atoms with Crippen LogP contribution in [0.5, 0.6) is 0 Å². The van der Waals surface area contributed by atoms with Crippen molar-refractivity contribution >= 4 is 27.3 Å². The molecule has 4 rings (SSSR count). The second-order valence-electron chi connectivity index (χ2n) is 7.25. The number of rotatable bonds is 5.